The van der Waals surface area contributed by atoms with Gasteiger partial charge in [-0.15, -0.1) is 0 Å². The Labute approximate surface area is 105 Å². The van der Waals surface area contributed by atoms with Crippen molar-refractivity contribution in [3.05, 3.63) is 38.6 Å². The molecule has 8 heteroatoms. The molecule has 1 aromatic heterocycles. The quantitative estimate of drug-likeness (QED) is 0.659. The first-order valence-electron chi connectivity index (χ1n) is 4.93. The van der Waals surface area contributed by atoms with Crippen molar-refractivity contribution in [1.29, 1.82) is 5.26 Å². The summed E-state index contributed by atoms with van der Waals surface area (Å²) in [5.74, 6) is -0.378. The van der Waals surface area contributed by atoms with Gasteiger partial charge in [-0.2, -0.15) is 5.26 Å². The van der Waals surface area contributed by atoms with E-state index in [0.717, 1.165) is 11.3 Å². The van der Waals surface area contributed by atoms with E-state index in [0.29, 0.717) is 18.6 Å². The third-order valence-electron chi connectivity index (χ3n) is 2.23. The lowest BCUT2D eigenvalue weighted by atomic mass is 10.2. The van der Waals surface area contributed by atoms with Crippen molar-refractivity contribution in [2.75, 3.05) is 6.61 Å². The fraction of sp³-hybridized carbons (Fsp3) is 0.200. The molecule has 0 bridgehead atoms. The molecule has 0 unspecified atom stereocenters. The van der Waals surface area contributed by atoms with Gasteiger partial charge in [0.1, 0.15) is 6.07 Å². The van der Waals surface area contributed by atoms with E-state index in [9.17, 15) is 14.9 Å². The fourth-order valence-electron chi connectivity index (χ4n) is 1.39. The molecular weight excluding hydrogens is 258 g/mol. The van der Waals surface area contributed by atoms with Crippen LogP contribution in [-0.4, -0.2) is 17.4 Å². The molecule has 1 N–H and O–H groups in total. The smallest absolute Gasteiger partial charge is 0.324 e. The Morgan fingerprint density at radius 1 is 1.61 bits per heavy atom. The topological polar surface area (TPSA) is 105 Å². The lowest BCUT2D eigenvalue weighted by Crippen LogP contribution is -2.22. The third-order valence-corrected chi connectivity index (χ3v) is 3.27. The molecule has 0 radical (unpaired) electrons. The predicted octanol–water partition coefficient (Wildman–Crippen LogP) is 1.54. The normalized spacial score (nSPS) is 13.9. The van der Waals surface area contributed by atoms with Gasteiger partial charge in [-0.05, 0) is 6.07 Å². The predicted molar refractivity (Wildman–Crippen MR) is 61.6 cm³/mol. The summed E-state index contributed by atoms with van der Waals surface area (Å²) < 4.78 is 5.10. The molecule has 0 saturated carbocycles. The van der Waals surface area contributed by atoms with E-state index in [1.165, 1.54) is 12.1 Å². The van der Waals surface area contributed by atoms with Gasteiger partial charge in [-0.25, -0.2) is 0 Å². The molecule has 2 rings (SSSR count). The Hall–Kier alpha value is -2.40. The highest BCUT2D eigenvalue weighted by Crippen LogP contribution is 2.24. The standard InChI is InChI=1S/C10H7N3O4S/c11-5-6-3-4-17-10(6)12-9(14)7-1-2-8(18-7)13(15)16/h1-2H,3-4H2,(H,12,14). The lowest BCUT2D eigenvalue weighted by molar-refractivity contribution is -0.380. The summed E-state index contributed by atoms with van der Waals surface area (Å²) >= 11 is 0.769. The molecule has 0 atom stereocenters. The molecule has 1 aliphatic rings. The maximum atomic E-state index is 11.8. The Kier molecular flexibility index (Phi) is 3.25. The van der Waals surface area contributed by atoms with Crippen LogP contribution >= 0.6 is 11.3 Å². The highest BCUT2D eigenvalue weighted by molar-refractivity contribution is 7.17. The second kappa shape index (κ2) is 4.85. The number of amides is 1. The highest BCUT2D eigenvalue weighted by atomic mass is 32.1. The molecule has 0 fully saturated rings. The van der Waals surface area contributed by atoms with Crippen LogP contribution in [0.3, 0.4) is 0 Å². The highest BCUT2D eigenvalue weighted by Gasteiger charge is 2.21. The van der Waals surface area contributed by atoms with Crippen molar-refractivity contribution < 1.29 is 14.5 Å². The zero-order chi connectivity index (χ0) is 13.1. The van der Waals surface area contributed by atoms with E-state index in [4.69, 9.17) is 10.00 Å². The van der Waals surface area contributed by atoms with E-state index in [1.807, 2.05) is 6.07 Å². The van der Waals surface area contributed by atoms with Crippen LogP contribution in [0, 0.1) is 21.4 Å². The summed E-state index contributed by atoms with van der Waals surface area (Å²) in [4.78, 5) is 21.9. The Bertz CT molecular complexity index is 584. The first-order chi connectivity index (χ1) is 8.61. The molecule has 0 spiro atoms. The van der Waals surface area contributed by atoms with Crippen LogP contribution in [0.4, 0.5) is 5.00 Å². The second-order valence-electron chi connectivity index (χ2n) is 3.37. The number of nitrogens with zero attached hydrogens (tertiary/aromatic N) is 2. The van der Waals surface area contributed by atoms with Crippen molar-refractivity contribution in [2.24, 2.45) is 0 Å². The SMILES string of the molecule is N#CC1=C(NC(=O)c2ccc([N+](=O)[O-])s2)OCC1. The number of nitriles is 1. The van der Waals surface area contributed by atoms with Gasteiger partial charge in [0, 0.05) is 12.5 Å². The Morgan fingerprint density at radius 3 is 3.00 bits per heavy atom. The summed E-state index contributed by atoms with van der Waals surface area (Å²) in [5, 5.41) is 21.6. The van der Waals surface area contributed by atoms with E-state index in [1.54, 1.807) is 0 Å². The molecule has 1 aromatic rings. The molecular formula is C10H7N3O4S. The van der Waals surface area contributed by atoms with Crippen molar-refractivity contribution in [3.63, 3.8) is 0 Å². The lowest BCUT2D eigenvalue weighted by Gasteiger charge is -2.04. The molecule has 92 valence electrons. The van der Waals surface area contributed by atoms with E-state index in [2.05, 4.69) is 5.32 Å². The molecule has 0 aliphatic carbocycles. The maximum Gasteiger partial charge on any atom is 0.324 e. The van der Waals surface area contributed by atoms with Crippen LogP contribution in [0.2, 0.25) is 0 Å². The Balaban J connectivity index is 2.13. The number of hydrogen-bond donors (Lipinski definition) is 1. The number of nitrogens with one attached hydrogen (secondary N) is 1. The average molecular weight is 265 g/mol. The van der Waals surface area contributed by atoms with Gasteiger partial charge >= 0.3 is 5.00 Å². The van der Waals surface area contributed by atoms with E-state index in [-0.39, 0.29) is 15.8 Å². The first-order valence-corrected chi connectivity index (χ1v) is 5.75. The van der Waals surface area contributed by atoms with Gasteiger partial charge in [0.05, 0.1) is 22.0 Å². The number of nitro groups is 1. The van der Waals surface area contributed by atoms with Crippen LogP contribution in [0.1, 0.15) is 16.1 Å². The molecule has 2 heterocycles. The fourth-order valence-corrected chi connectivity index (χ4v) is 2.10. The van der Waals surface area contributed by atoms with Crippen molar-refractivity contribution in [1.82, 2.24) is 5.32 Å². The molecule has 0 aromatic carbocycles. The van der Waals surface area contributed by atoms with E-state index < -0.39 is 10.8 Å². The largest absolute Gasteiger partial charge is 0.478 e. The number of thiophene rings is 1. The summed E-state index contributed by atoms with van der Waals surface area (Å²) in [5.41, 5.74) is 0.370. The molecule has 7 nitrogen and oxygen atoms in total. The molecule has 1 amide bonds. The molecule has 18 heavy (non-hydrogen) atoms. The minimum Gasteiger partial charge on any atom is -0.478 e. The number of rotatable bonds is 3. The van der Waals surface area contributed by atoms with Crippen LogP contribution in [0.5, 0.6) is 0 Å². The second-order valence-corrected chi connectivity index (χ2v) is 4.43. The molecule has 1 aliphatic heterocycles. The summed E-state index contributed by atoms with van der Waals surface area (Å²) in [6.07, 6.45) is 0.455. The maximum absolute atomic E-state index is 11.8. The number of carbonyl (C=O) groups excluding carboxylic acids is 1. The molecule has 0 saturated heterocycles. The van der Waals surface area contributed by atoms with Crippen molar-refractivity contribution in [2.45, 2.75) is 6.42 Å². The van der Waals surface area contributed by atoms with Crippen LogP contribution in [0.25, 0.3) is 0 Å². The number of ether oxygens (including phenoxy) is 1. The van der Waals surface area contributed by atoms with Gasteiger partial charge in [-0.1, -0.05) is 11.3 Å². The van der Waals surface area contributed by atoms with Crippen LogP contribution in [-0.2, 0) is 4.74 Å². The first kappa shape index (κ1) is 12.1. The zero-order valence-electron chi connectivity index (χ0n) is 9.00. The van der Waals surface area contributed by atoms with Crippen molar-refractivity contribution in [3.8, 4) is 6.07 Å². The van der Waals surface area contributed by atoms with Gasteiger partial charge in [0.2, 0.25) is 5.88 Å². The van der Waals surface area contributed by atoms with Crippen LogP contribution in [0.15, 0.2) is 23.6 Å². The average Bonchev–Trinajstić information content (AvgIpc) is 2.96. The van der Waals surface area contributed by atoms with Gasteiger partial charge < -0.3 is 4.74 Å². The van der Waals surface area contributed by atoms with E-state index >= 15 is 0 Å². The monoisotopic (exact) mass is 265 g/mol. The van der Waals surface area contributed by atoms with Gasteiger partial charge in [0.15, 0.2) is 0 Å². The minimum absolute atomic E-state index is 0.109. The summed E-state index contributed by atoms with van der Waals surface area (Å²) in [6.45, 7) is 0.350. The minimum atomic E-state index is -0.562. The van der Waals surface area contributed by atoms with Gasteiger partial charge in [0.25, 0.3) is 5.91 Å². The summed E-state index contributed by atoms with van der Waals surface area (Å²) in [6, 6.07) is 4.55. The number of carbonyl (C=O) groups is 1. The summed E-state index contributed by atoms with van der Waals surface area (Å²) in [7, 11) is 0. The van der Waals surface area contributed by atoms with Crippen LogP contribution < -0.4 is 5.32 Å². The van der Waals surface area contributed by atoms with Crippen molar-refractivity contribution >= 4 is 22.2 Å². The van der Waals surface area contributed by atoms with Gasteiger partial charge in [-0.3, -0.25) is 20.2 Å². The zero-order valence-corrected chi connectivity index (χ0v) is 9.82. The number of hydrogen-bond acceptors (Lipinski definition) is 6. The Morgan fingerprint density at radius 2 is 2.39 bits per heavy atom. The third kappa shape index (κ3) is 2.31.